The van der Waals surface area contributed by atoms with E-state index in [0.717, 1.165) is 5.30 Å². The molecule has 0 aliphatic heterocycles. The number of hydrogen-bond donors (Lipinski definition) is 0. The van der Waals surface area contributed by atoms with E-state index in [1.807, 2.05) is 38.1 Å². The summed E-state index contributed by atoms with van der Waals surface area (Å²) in [5.41, 5.74) is 0.191. The van der Waals surface area contributed by atoms with Crippen molar-refractivity contribution in [3.8, 4) is 11.5 Å². The molecule has 0 aliphatic rings. The molecule has 1 unspecified atom stereocenters. The van der Waals surface area contributed by atoms with Crippen LogP contribution in [0.1, 0.15) is 24.2 Å². The fourth-order valence-electron chi connectivity index (χ4n) is 2.05. The van der Waals surface area contributed by atoms with Crippen molar-refractivity contribution < 1.29 is 14.3 Å². The van der Waals surface area contributed by atoms with Crippen molar-refractivity contribution in [2.75, 3.05) is 13.2 Å². The van der Waals surface area contributed by atoms with Gasteiger partial charge in [-0.25, -0.2) is 0 Å². The fraction of sp³-hybridized carbons (Fsp3) is 0.235. The van der Waals surface area contributed by atoms with Gasteiger partial charge in [0.2, 0.25) is 0 Å². The second-order valence-corrected chi connectivity index (χ2v) is 6.64. The van der Waals surface area contributed by atoms with Gasteiger partial charge in [-0.15, -0.1) is 0 Å². The summed E-state index contributed by atoms with van der Waals surface area (Å²) in [6.07, 6.45) is 0. The molecule has 0 radical (unpaired) electrons. The van der Waals surface area contributed by atoms with Crippen LogP contribution in [0.3, 0.4) is 0 Å². The summed E-state index contributed by atoms with van der Waals surface area (Å²) >= 11 is 12.4. The average Bonchev–Trinajstić information content (AvgIpc) is 2.49. The van der Waals surface area contributed by atoms with Gasteiger partial charge >= 0.3 is 18.9 Å². The van der Waals surface area contributed by atoms with Crippen LogP contribution in [0.25, 0.3) is 0 Å². The molecule has 2 rings (SSSR count). The van der Waals surface area contributed by atoms with E-state index in [2.05, 4.69) is 0 Å². The Balaban J connectivity index is 0.00000288. The van der Waals surface area contributed by atoms with Gasteiger partial charge in [0.25, 0.3) is 0 Å². The minimum absolute atomic E-state index is 0. The maximum atomic E-state index is 12.6. The molecular weight excluding hydrogens is 361 g/mol. The number of benzene rings is 2. The first kappa shape index (κ1) is 21.4. The number of halogens is 2. The number of para-hydroxylation sites is 1. The van der Waals surface area contributed by atoms with Gasteiger partial charge in [0.15, 0.2) is 5.52 Å². The van der Waals surface area contributed by atoms with E-state index >= 15 is 0 Å². The van der Waals surface area contributed by atoms with E-state index in [0.29, 0.717) is 40.3 Å². The topological polar surface area (TPSA) is 35.5 Å². The molecule has 2 aromatic carbocycles. The number of hydrogen-bond acceptors (Lipinski definition) is 3. The molecule has 0 saturated heterocycles. The molecule has 0 heterocycles. The van der Waals surface area contributed by atoms with Crippen LogP contribution in [-0.4, -0.2) is 37.6 Å². The molecule has 0 amide bonds. The van der Waals surface area contributed by atoms with Gasteiger partial charge in [-0.1, -0.05) is 41.4 Å². The summed E-state index contributed by atoms with van der Waals surface area (Å²) in [7, 11) is -0.119. The monoisotopic (exact) mass is 378 g/mol. The average molecular weight is 379 g/mol. The zero-order chi connectivity index (χ0) is 16.8. The van der Waals surface area contributed by atoms with Crippen molar-refractivity contribution in [2.45, 2.75) is 13.8 Å². The van der Waals surface area contributed by atoms with Gasteiger partial charge in [0.1, 0.15) is 11.5 Å². The summed E-state index contributed by atoms with van der Waals surface area (Å²) in [6, 6.07) is 10.7. The third kappa shape index (κ3) is 5.41. The molecule has 0 spiro atoms. The van der Waals surface area contributed by atoms with Gasteiger partial charge in [-0.3, -0.25) is 4.79 Å². The Bertz CT molecular complexity index is 687. The molecule has 24 heavy (non-hydrogen) atoms. The zero-order valence-corrected chi connectivity index (χ0v) is 15.4. The molecule has 0 N–H and O–H groups in total. The van der Waals surface area contributed by atoms with Gasteiger partial charge in [0.05, 0.1) is 28.8 Å². The zero-order valence-electron chi connectivity index (χ0n) is 12.9. The molecule has 0 fully saturated rings. The third-order valence-corrected chi connectivity index (χ3v) is 4.74. The predicted octanol–water partition coefficient (Wildman–Crippen LogP) is 4.29. The third-order valence-electron chi connectivity index (χ3n) is 2.99. The molecule has 1 atom stereocenters. The second kappa shape index (κ2) is 10.3. The molecule has 0 saturated carbocycles. The van der Waals surface area contributed by atoms with Crippen LogP contribution in [0.15, 0.2) is 36.4 Å². The summed E-state index contributed by atoms with van der Waals surface area (Å²) < 4.78 is 10.9. The Morgan fingerprint density at radius 2 is 1.62 bits per heavy atom. The Morgan fingerprint density at radius 1 is 1.04 bits per heavy atom. The predicted molar refractivity (Wildman–Crippen MR) is 105 cm³/mol. The van der Waals surface area contributed by atoms with Gasteiger partial charge in [0, 0.05) is 5.30 Å². The number of rotatable bonds is 7. The molecule has 0 bridgehead atoms. The van der Waals surface area contributed by atoms with E-state index in [1.165, 1.54) is 0 Å². The van der Waals surface area contributed by atoms with Crippen molar-refractivity contribution in [3.05, 3.63) is 52.0 Å². The van der Waals surface area contributed by atoms with Crippen LogP contribution < -0.4 is 14.8 Å². The van der Waals surface area contributed by atoms with E-state index in [-0.39, 0.29) is 33.0 Å². The summed E-state index contributed by atoms with van der Waals surface area (Å²) in [6.45, 7) is 4.82. The van der Waals surface area contributed by atoms with Gasteiger partial charge in [-0.2, -0.15) is 0 Å². The molecule has 0 aliphatic carbocycles. The Labute approximate surface area is 166 Å². The summed E-state index contributed by atoms with van der Waals surface area (Å²) in [5.74, 6) is 1.26. The van der Waals surface area contributed by atoms with Crippen LogP contribution in [0.2, 0.25) is 10.0 Å². The second-order valence-electron chi connectivity index (χ2n) is 4.58. The van der Waals surface area contributed by atoms with Crippen molar-refractivity contribution in [1.29, 1.82) is 0 Å². The van der Waals surface area contributed by atoms with Crippen molar-refractivity contribution in [2.24, 2.45) is 0 Å². The van der Waals surface area contributed by atoms with Crippen molar-refractivity contribution >= 4 is 61.5 Å². The first-order valence-electron chi connectivity index (χ1n) is 7.21. The van der Waals surface area contributed by atoms with Gasteiger partial charge < -0.3 is 9.47 Å². The normalized spacial score (nSPS) is 10.5. The Hall–Kier alpha value is -0.683. The van der Waals surface area contributed by atoms with Crippen LogP contribution in [0, 0.1) is 0 Å². The first-order chi connectivity index (χ1) is 11.1. The molecule has 2 aromatic rings. The van der Waals surface area contributed by atoms with E-state index in [1.54, 1.807) is 12.1 Å². The van der Waals surface area contributed by atoms with Crippen molar-refractivity contribution in [3.63, 3.8) is 0 Å². The van der Waals surface area contributed by atoms with Crippen LogP contribution >= 0.6 is 31.8 Å². The number of carbonyl (C=O) groups excluding carboxylic acids is 1. The first-order valence-corrected chi connectivity index (χ1v) is 8.97. The standard InChI is InChI=1S/C17H17Cl2O3P.Li.H/c1-3-21-11-9-12(18)16(13(19)10-11)17(20)23-15-8-6-5-7-14(15)22-4-2;;/h5-10,23H,3-4H2,1-2H3;;. The van der Waals surface area contributed by atoms with Crippen LogP contribution in [0.5, 0.6) is 11.5 Å². The minimum atomic E-state index is -0.129. The van der Waals surface area contributed by atoms with E-state index in [9.17, 15) is 4.79 Å². The molecule has 7 heteroatoms. The molecule has 3 nitrogen and oxygen atoms in total. The van der Waals surface area contributed by atoms with Gasteiger partial charge in [-0.05, 0) is 40.6 Å². The quantitative estimate of drug-likeness (QED) is 0.532. The van der Waals surface area contributed by atoms with E-state index in [4.69, 9.17) is 32.7 Å². The Morgan fingerprint density at radius 3 is 2.21 bits per heavy atom. The van der Waals surface area contributed by atoms with Crippen molar-refractivity contribution in [1.82, 2.24) is 0 Å². The maximum absolute atomic E-state index is 12.6. The van der Waals surface area contributed by atoms with E-state index < -0.39 is 0 Å². The summed E-state index contributed by atoms with van der Waals surface area (Å²) in [5, 5.41) is 1.43. The Kier molecular flexibility index (Phi) is 9.20. The number of ether oxygens (including phenoxy) is 2. The van der Waals surface area contributed by atoms with Crippen LogP contribution in [-0.2, 0) is 0 Å². The summed E-state index contributed by atoms with van der Waals surface area (Å²) in [4.78, 5) is 12.6. The number of carbonyl (C=O) groups is 1. The molecular formula is C17H18Cl2LiO3P. The molecule has 0 aromatic heterocycles. The fourth-order valence-corrected chi connectivity index (χ4v) is 3.95. The SMILES string of the molecule is CCOc1cc(Cl)c(C(=O)Pc2ccccc2OCC)c(Cl)c1.[LiH]. The van der Waals surface area contributed by atoms with Crippen LogP contribution in [0.4, 0.5) is 0 Å². The molecule has 124 valence electrons.